The van der Waals surface area contributed by atoms with Crippen LogP contribution in [-0.4, -0.2) is 20.1 Å². The molecule has 0 bridgehead atoms. The van der Waals surface area contributed by atoms with Crippen molar-refractivity contribution in [2.45, 2.75) is 6.92 Å². The third kappa shape index (κ3) is 3.09. The Bertz CT molecular complexity index is 597. The van der Waals surface area contributed by atoms with E-state index < -0.39 is 0 Å². The Morgan fingerprint density at radius 2 is 1.85 bits per heavy atom. The number of ether oxygens (including phenoxy) is 1. The number of carbonyl (C=O) groups excluding carboxylic acids is 1. The number of nitrogens with zero attached hydrogens (tertiary/aromatic N) is 1. The lowest BCUT2D eigenvalue weighted by molar-refractivity contribution is 0.0951. The van der Waals surface area contributed by atoms with Crippen molar-refractivity contribution in [1.29, 1.82) is 0 Å². The zero-order valence-electron chi connectivity index (χ0n) is 11.9. The average molecular weight is 270 g/mol. The van der Waals surface area contributed by atoms with Gasteiger partial charge < -0.3 is 4.74 Å². The van der Waals surface area contributed by atoms with E-state index in [1.807, 2.05) is 43.3 Å². The second-order valence-electron chi connectivity index (χ2n) is 4.52. The first-order valence-corrected chi connectivity index (χ1v) is 6.36. The molecule has 2 rings (SSSR count). The molecular formula is C16H18N2O2. The Hall–Kier alpha value is -2.49. The quantitative estimate of drug-likeness (QED) is 0.869. The zero-order valence-corrected chi connectivity index (χ0v) is 11.9. The maximum Gasteiger partial charge on any atom is 0.269 e. The number of para-hydroxylation sites is 1. The fraction of sp³-hybridized carbons (Fsp3) is 0.188. The predicted molar refractivity (Wildman–Crippen MR) is 80.0 cm³/mol. The molecular weight excluding hydrogens is 252 g/mol. The van der Waals surface area contributed by atoms with Crippen LogP contribution < -0.4 is 15.2 Å². The molecule has 0 aliphatic rings. The minimum absolute atomic E-state index is 0.172. The van der Waals surface area contributed by atoms with Gasteiger partial charge in [0.25, 0.3) is 5.91 Å². The molecule has 0 saturated carbocycles. The number of carbonyl (C=O) groups is 1. The SMILES string of the molecule is COc1cc(C(=O)NN(C)c2ccccc2)ccc1C. The fourth-order valence-electron chi connectivity index (χ4n) is 1.89. The summed E-state index contributed by atoms with van der Waals surface area (Å²) in [6.07, 6.45) is 0. The molecule has 1 amide bonds. The lowest BCUT2D eigenvalue weighted by Gasteiger charge is -2.20. The van der Waals surface area contributed by atoms with Crippen LogP contribution in [0.5, 0.6) is 5.75 Å². The van der Waals surface area contributed by atoms with Crippen molar-refractivity contribution in [3.05, 3.63) is 59.7 Å². The van der Waals surface area contributed by atoms with E-state index in [9.17, 15) is 4.79 Å². The summed E-state index contributed by atoms with van der Waals surface area (Å²) in [5.74, 6) is 0.537. The largest absolute Gasteiger partial charge is 0.496 e. The van der Waals surface area contributed by atoms with Gasteiger partial charge in [0.1, 0.15) is 5.75 Å². The maximum atomic E-state index is 12.2. The Morgan fingerprint density at radius 1 is 1.15 bits per heavy atom. The van der Waals surface area contributed by atoms with Gasteiger partial charge in [-0.15, -0.1) is 0 Å². The summed E-state index contributed by atoms with van der Waals surface area (Å²) >= 11 is 0. The summed E-state index contributed by atoms with van der Waals surface area (Å²) in [6, 6.07) is 15.0. The Morgan fingerprint density at radius 3 is 2.50 bits per heavy atom. The van der Waals surface area contributed by atoms with Crippen molar-refractivity contribution in [3.63, 3.8) is 0 Å². The van der Waals surface area contributed by atoms with Crippen LogP contribution in [0.2, 0.25) is 0 Å². The normalized spacial score (nSPS) is 9.95. The number of hydrogen-bond acceptors (Lipinski definition) is 3. The summed E-state index contributed by atoms with van der Waals surface area (Å²) < 4.78 is 5.23. The second-order valence-corrected chi connectivity index (χ2v) is 4.52. The van der Waals surface area contributed by atoms with Gasteiger partial charge in [0.15, 0.2) is 0 Å². The van der Waals surface area contributed by atoms with Crippen LogP contribution in [0.15, 0.2) is 48.5 Å². The number of aryl methyl sites for hydroxylation is 1. The number of nitrogens with one attached hydrogen (secondary N) is 1. The van der Waals surface area contributed by atoms with Gasteiger partial charge in [-0.1, -0.05) is 24.3 Å². The van der Waals surface area contributed by atoms with E-state index in [2.05, 4.69) is 5.43 Å². The molecule has 4 heteroatoms. The molecule has 0 radical (unpaired) electrons. The molecule has 2 aromatic rings. The molecule has 0 heterocycles. The average Bonchev–Trinajstić information content (AvgIpc) is 2.48. The van der Waals surface area contributed by atoms with Crippen molar-refractivity contribution in [3.8, 4) is 5.75 Å². The highest BCUT2D eigenvalue weighted by Gasteiger charge is 2.10. The standard InChI is InChI=1S/C16H18N2O2/c1-12-9-10-13(11-15(12)20-3)16(19)17-18(2)14-7-5-4-6-8-14/h4-11H,1-3H3,(H,17,19). The third-order valence-electron chi connectivity index (χ3n) is 3.08. The van der Waals surface area contributed by atoms with Crippen LogP contribution in [0.25, 0.3) is 0 Å². The molecule has 0 spiro atoms. The van der Waals surface area contributed by atoms with Gasteiger partial charge in [0, 0.05) is 12.6 Å². The molecule has 104 valence electrons. The highest BCUT2D eigenvalue weighted by Crippen LogP contribution is 2.19. The Balaban J connectivity index is 2.12. The lowest BCUT2D eigenvalue weighted by atomic mass is 10.1. The number of methoxy groups -OCH3 is 1. The Kier molecular flexibility index (Phi) is 4.25. The van der Waals surface area contributed by atoms with Gasteiger partial charge in [0.05, 0.1) is 12.8 Å². The van der Waals surface area contributed by atoms with Crippen LogP contribution in [0, 0.1) is 6.92 Å². The van der Waals surface area contributed by atoms with Gasteiger partial charge in [-0.3, -0.25) is 15.2 Å². The molecule has 0 saturated heterocycles. The van der Waals surface area contributed by atoms with Crippen molar-refractivity contribution < 1.29 is 9.53 Å². The summed E-state index contributed by atoms with van der Waals surface area (Å²) in [4.78, 5) is 12.2. The van der Waals surface area contributed by atoms with E-state index in [0.717, 1.165) is 11.3 Å². The Labute approximate surface area is 119 Å². The van der Waals surface area contributed by atoms with Crippen molar-refractivity contribution in [2.24, 2.45) is 0 Å². The highest BCUT2D eigenvalue weighted by atomic mass is 16.5. The summed E-state index contributed by atoms with van der Waals surface area (Å²) in [5, 5.41) is 1.69. The molecule has 0 aliphatic carbocycles. The third-order valence-corrected chi connectivity index (χ3v) is 3.08. The van der Waals surface area contributed by atoms with Crippen molar-refractivity contribution in [2.75, 3.05) is 19.2 Å². The molecule has 4 nitrogen and oxygen atoms in total. The van der Waals surface area contributed by atoms with Gasteiger partial charge in [-0.2, -0.15) is 0 Å². The number of amides is 1. The van der Waals surface area contributed by atoms with Crippen LogP contribution >= 0.6 is 0 Å². The molecule has 2 aromatic carbocycles. The molecule has 0 unspecified atom stereocenters. The van der Waals surface area contributed by atoms with Crippen molar-refractivity contribution >= 4 is 11.6 Å². The smallest absolute Gasteiger partial charge is 0.269 e. The summed E-state index contributed by atoms with van der Waals surface area (Å²) in [6.45, 7) is 1.94. The first kappa shape index (κ1) is 13.9. The van der Waals surface area contributed by atoms with E-state index in [1.54, 1.807) is 31.3 Å². The van der Waals surface area contributed by atoms with Crippen LogP contribution in [0.1, 0.15) is 15.9 Å². The number of hydrazine groups is 1. The molecule has 0 aliphatic heterocycles. The van der Waals surface area contributed by atoms with Crippen molar-refractivity contribution in [1.82, 2.24) is 5.43 Å². The molecule has 20 heavy (non-hydrogen) atoms. The predicted octanol–water partition coefficient (Wildman–Crippen LogP) is 2.78. The second kappa shape index (κ2) is 6.10. The van der Waals surface area contributed by atoms with E-state index in [4.69, 9.17) is 4.74 Å². The number of hydrogen-bond donors (Lipinski definition) is 1. The van der Waals surface area contributed by atoms with E-state index in [1.165, 1.54) is 0 Å². The summed E-state index contributed by atoms with van der Waals surface area (Å²) in [7, 11) is 3.40. The van der Waals surface area contributed by atoms with Gasteiger partial charge >= 0.3 is 0 Å². The monoisotopic (exact) mass is 270 g/mol. The van der Waals surface area contributed by atoms with Gasteiger partial charge in [0.2, 0.25) is 0 Å². The number of benzene rings is 2. The first-order chi connectivity index (χ1) is 9.61. The minimum Gasteiger partial charge on any atom is -0.496 e. The number of rotatable bonds is 4. The zero-order chi connectivity index (χ0) is 14.5. The highest BCUT2D eigenvalue weighted by molar-refractivity contribution is 5.95. The number of anilines is 1. The van der Waals surface area contributed by atoms with Gasteiger partial charge in [-0.25, -0.2) is 0 Å². The molecule has 0 atom stereocenters. The van der Waals surface area contributed by atoms with E-state index in [-0.39, 0.29) is 5.91 Å². The topological polar surface area (TPSA) is 41.6 Å². The maximum absolute atomic E-state index is 12.2. The fourth-order valence-corrected chi connectivity index (χ4v) is 1.89. The van der Waals surface area contributed by atoms with E-state index >= 15 is 0 Å². The molecule has 1 N–H and O–H groups in total. The first-order valence-electron chi connectivity index (χ1n) is 6.36. The van der Waals surface area contributed by atoms with Gasteiger partial charge in [-0.05, 0) is 36.8 Å². The lowest BCUT2D eigenvalue weighted by Crippen LogP contribution is -2.39. The van der Waals surface area contributed by atoms with E-state index in [0.29, 0.717) is 11.3 Å². The molecule has 0 aromatic heterocycles. The summed E-state index contributed by atoms with van der Waals surface area (Å²) in [5.41, 5.74) is 5.30. The van der Waals surface area contributed by atoms with Crippen LogP contribution in [0.3, 0.4) is 0 Å². The van der Waals surface area contributed by atoms with Crippen LogP contribution in [0.4, 0.5) is 5.69 Å². The minimum atomic E-state index is -0.172. The van der Waals surface area contributed by atoms with Crippen LogP contribution in [-0.2, 0) is 0 Å². The molecule has 0 fully saturated rings.